The molecule has 0 saturated carbocycles. The van der Waals surface area contributed by atoms with Crippen LogP contribution in [0.1, 0.15) is 20.3 Å². The number of carboxylic acids is 1. The van der Waals surface area contributed by atoms with E-state index in [1.54, 1.807) is 24.3 Å². The third-order valence-corrected chi connectivity index (χ3v) is 3.11. The van der Waals surface area contributed by atoms with Crippen molar-refractivity contribution in [1.29, 1.82) is 0 Å². The number of ether oxygens (including phenoxy) is 1. The molecule has 0 aliphatic heterocycles. The van der Waals surface area contributed by atoms with Crippen LogP contribution in [-0.2, 0) is 0 Å². The van der Waals surface area contributed by atoms with Crippen molar-refractivity contribution in [2.75, 3.05) is 12.4 Å². The fraction of sp³-hybridized carbons (Fsp3) is 0.0833. The largest absolute Gasteiger partial charge is 0.495 e. The molecule has 2 rings (SSSR count). The fourth-order valence-corrected chi connectivity index (χ4v) is 2.09. The number of thiazole rings is 1. The Hall–Kier alpha value is -2.41. The van der Waals surface area contributed by atoms with Gasteiger partial charge in [0.2, 0.25) is 0 Å². The molecular weight excluding hydrogens is 268 g/mol. The second kappa shape index (κ2) is 5.49. The highest BCUT2D eigenvalue weighted by atomic mass is 32.1. The first kappa shape index (κ1) is 13.0. The number of anilines is 1. The third-order valence-electron chi connectivity index (χ3n) is 2.27. The van der Waals surface area contributed by atoms with Gasteiger partial charge in [0.15, 0.2) is 10.7 Å². The Morgan fingerprint density at radius 2 is 2.11 bits per heavy atom. The zero-order chi connectivity index (χ0) is 13.8. The molecule has 98 valence electrons. The molecule has 19 heavy (non-hydrogen) atoms. The Morgan fingerprint density at radius 3 is 2.74 bits per heavy atom. The van der Waals surface area contributed by atoms with Crippen molar-refractivity contribution in [3.05, 3.63) is 40.3 Å². The number of benzene rings is 1. The van der Waals surface area contributed by atoms with Crippen LogP contribution in [0.3, 0.4) is 0 Å². The van der Waals surface area contributed by atoms with Crippen molar-refractivity contribution < 1.29 is 19.4 Å². The van der Waals surface area contributed by atoms with Gasteiger partial charge in [-0.3, -0.25) is 4.79 Å². The molecule has 0 fully saturated rings. The summed E-state index contributed by atoms with van der Waals surface area (Å²) in [7, 11) is 1.50. The Morgan fingerprint density at radius 1 is 1.37 bits per heavy atom. The van der Waals surface area contributed by atoms with Crippen LogP contribution in [0.2, 0.25) is 0 Å². The molecule has 1 heterocycles. The highest BCUT2D eigenvalue weighted by molar-refractivity contribution is 7.12. The number of hydrogen-bond donors (Lipinski definition) is 2. The van der Waals surface area contributed by atoms with Gasteiger partial charge in [0.1, 0.15) is 5.75 Å². The zero-order valence-electron chi connectivity index (χ0n) is 9.91. The van der Waals surface area contributed by atoms with E-state index in [2.05, 4.69) is 10.3 Å². The van der Waals surface area contributed by atoms with E-state index in [9.17, 15) is 9.59 Å². The maximum atomic E-state index is 11.9. The number of carbonyl (C=O) groups excluding carboxylic acids is 1. The Labute approximate surface area is 112 Å². The van der Waals surface area contributed by atoms with Crippen LogP contribution in [0, 0.1) is 0 Å². The van der Waals surface area contributed by atoms with Gasteiger partial charge < -0.3 is 15.2 Å². The zero-order valence-corrected chi connectivity index (χ0v) is 10.7. The lowest BCUT2D eigenvalue weighted by molar-refractivity contribution is 0.0691. The van der Waals surface area contributed by atoms with Gasteiger partial charge in [0.05, 0.1) is 12.8 Å². The number of rotatable bonds is 4. The van der Waals surface area contributed by atoms with Gasteiger partial charge in [-0.2, -0.15) is 0 Å². The molecule has 0 aliphatic rings. The number of methoxy groups -OCH3 is 1. The van der Waals surface area contributed by atoms with Crippen LogP contribution in [0.5, 0.6) is 5.75 Å². The van der Waals surface area contributed by atoms with E-state index in [4.69, 9.17) is 9.84 Å². The summed E-state index contributed by atoms with van der Waals surface area (Å²) in [4.78, 5) is 26.3. The summed E-state index contributed by atoms with van der Waals surface area (Å²) >= 11 is 0.974. The van der Waals surface area contributed by atoms with Crippen LogP contribution in [0.15, 0.2) is 29.6 Å². The molecule has 2 N–H and O–H groups in total. The lowest BCUT2D eigenvalue weighted by Gasteiger charge is -2.08. The Bertz CT molecular complexity index is 624. The maximum absolute atomic E-state index is 11.9. The van der Waals surface area contributed by atoms with E-state index >= 15 is 0 Å². The predicted octanol–water partition coefficient (Wildman–Crippen LogP) is 2.10. The summed E-state index contributed by atoms with van der Waals surface area (Å²) < 4.78 is 5.10. The number of aromatic carboxylic acids is 1. The minimum Gasteiger partial charge on any atom is -0.495 e. The van der Waals surface area contributed by atoms with Crippen molar-refractivity contribution in [2.45, 2.75) is 0 Å². The van der Waals surface area contributed by atoms with Crippen LogP contribution >= 0.6 is 11.3 Å². The first-order chi connectivity index (χ1) is 9.11. The molecule has 0 aliphatic carbocycles. The number of carboxylic acid groups (broad SMARTS) is 1. The number of nitrogens with zero attached hydrogens (tertiary/aromatic N) is 1. The average Bonchev–Trinajstić information content (AvgIpc) is 2.89. The monoisotopic (exact) mass is 278 g/mol. The second-order valence-electron chi connectivity index (χ2n) is 3.50. The maximum Gasteiger partial charge on any atom is 0.355 e. The van der Waals surface area contributed by atoms with Crippen molar-refractivity contribution in [3.8, 4) is 5.75 Å². The molecule has 0 spiro atoms. The second-order valence-corrected chi connectivity index (χ2v) is 4.36. The van der Waals surface area contributed by atoms with E-state index in [1.165, 1.54) is 12.5 Å². The first-order valence-corrected chi connectivity index (χ1v) is 6.13. The van der Waals surface area contributed by atoms with Gasteiger partial charge in [-0.15, -0.1) is 11.3 Å². The van der Waals surface area contributed by atoms with E-state index in [1.807, 2.05) is 0 Å². The minimum atomic E-state index is -1.16. The first-order valence-electron chi connectivity index (χ1n) is 5.25. The van der Waals surface area contributed by atoms with Gasteiger partial charge in [-0.05, 0) is 12.1 Å². The van der Waals surface area contributed by atoms with Crippen LogP contribution in [-0.4, -0.2) is 29.1 Å². The summed E-state index contributed by atoms with van der Waals surface area (Å²) in [5.41, 5.74) is 0.359. The summed E-state index contributed by atoms with van der Waals surface area (Å²) in [5.74, 6) is -1.11. The normalized spacial score (nSPS) is 9.95. The molecule has 0 atom stereocenters. The van der Waals surface area contributed by atoms with E-state index in [-0.39, 0.29) is 10.7 Å². The van der Waals surface area contributed by atoms with E-state index in [0.29, 0.717) is 11.4 Å². The number of aromatic nitrogens is 1. The quantitative estimate of drug-likeness (QED) is 0.894. The van der Waals surface area contributed by atoms with Gasteiger partial charge in [-0.1, -0.05) is 12.1 Å². The van der Waals surface area contributed by atoms with Crippen molar-refractivity contribution in [3.63, 3.8) is 0 Å². The molecule has 6 nitrogen and oxygen atoms in total. The molecule has 0 bridgehead atoms. The summed E-state index contributed by atoms with van der Waals surface area (Å²) in [5, 5.41) is 12.8. The van der Waals surface area contributed by atoms with E-state index in [0.717, 1.165) is 11.3 Å². The van der Waals surface area contributed by atoms with Crippen molar-refractivity contribution >= 4 is 28.9 Å². The summed E-state index contributed by atoms with van der Waals surface area (Å²) in [6, 6.07) is 6.92. The average molecular weight is 278 g/mol. The molecule has 1 aromatic heterocycles. The molecule has 0 unspecified atom stereocenters. The highest BCUT2D eigenvalue weighted by Gasteiger charge is 2.15. The molecule has 1 aromatic carbocycles. The standard InChI is InChI=1S/C12H10N2O4S/c1-18-9-5-3-2-4-7(9)13-10(15)11-14-8(6-19-11)12(16)17/h2-6H,1H3,(H,13,15)(H,16,17). The summed E-state index contributed by atoms with van der Waals surface area (Å²) in [6.45, 7) is 0. The van der Waals surface area contributed by atoms with Gasteiger partial charge in [-0.25, -0.2) is 9.78 Å². The van der Waals surface area contributed by atoms with Crippen molar-refractivity contribution in [1.82, 2.24) is 4.98 Å². The number of carbonyl (C=O) groups is 2. The number of hydrogen-bond acceptors (Lipinski definition) is 5. The van der Waals surface area contributed by atoms with Crippen LogP contribution in [0.4, 0.5) is 5.69 Å². The lowest BCUT2D eigenvalue weighted by Crippen LogP contribution is -2.12. The number of amides is 1. The Kier molecular flexibility index (Phi) is 3.76. The summed E-state index contributed by atoms with van der Waals surface area (Å²) in [6.07, 6.45) is 0. The topological polar surface area (TPSA) is 88.5 Å². The lowest BCUT2D eigenvalue weighted by atomic mass is 10.3. The van der Waals surface area contributed by atoms with Gasteiger partial charge in [0, 0.05) is 5.38 Å². The molecule has 7 heteroatoms. The molecule has 2 aromatic rings. The third kappa shape index (κ3) is 2.89. The SMILES string of the molecule is COc1ccccc1NC(=O)c1nc(C(=O)O)cs1. The molecule has 1 amide bonds. The van der Waals surface area contributed by atoms with Gasteiger partial charge >= 0.3 is 5.97 Å². The van der Waals surface area contributed by atoms with Crippen molar-refractivity contribution in [2.24, 2.45) is 0 Å². The van der Waals surface area contributed by atoms with E-state index < -0.39 is 11.9 Å². The molecular formula is C12H10N2O4S. The minimum absolute atomic E-state index is 0.0864. The van der Waals surface area contributed by atoms with Gasteiger partial charge in [0.25, 0.3) is 5.91 Å². The van der Waals surface area contributed by atoms with Crippen LogP contribution < -0.4 is 10.1 Å². The Balaban J connectivity index is 2.18. The van der Waals surface area contributed by atoms with Crippen LogP contribution in [0.25, 0.3) is 0 Å². The highest BCUT2D eigenvalue weighted by Crippen LogP contribution is 2.24. The number of para-hydroxylation sites is 2. The number of nitrogens with one attached hydrogen (secondary N) is 1. The molecule has 0 radical (unpaired) electrons. The fourth-order valence-electron chi connectivity index (χ4n) is 1.40. The smallest absolute Gasteiger partial charge is 0.355 e. The predicted molar refractivity (Wildman–Crippen MR) is 70.0 cm³/mol. The molecule has 0 saturated heterocycles.